The van der Waals surface area contributed by atoms with Crippen molar-refractivity contribution in [3.63, 3.8) is 0 Å². The van der Waals surface area contributed by atoms with Gasteiger partial charge in [0.25, 0.3) is 0 Å². The van der Waals surface area contributed by atoms with Crippen LogP contribution in [0.3, 0.4) is 0 Å². The minimum absolute atomic E-state index is 0.0715. The van der Waals surface area contributed by atoms with Gasteiger partial charge in [-0.25, -0.2) is 13.4 Å². The monoisotopic (exact) mass is 278 g/mol. The second-order valence-electron chi connectivity index (χ2n) is 3.83. The number of hydrogen-bond donors (Lipinski definition) is 1. The summed E-state index contributed by atoms with van der Waals surface area (Å²) in [5.74, 6) is 0. The lowest BCUT2D eigenvalue weighted by Crippen LogP contribution is -2.37. The largest absolute Gasteiger partial charge is 0.395 e. The molecule has 0 bridgehead atoms. The molecular weight excluding hydrogens is 264 g/mol. The molecule has 1 aromatic heterocycles. The van der Waals surface area contributed by atoms with E-state index in [4.69, 9.17) is 16.7 Å². The maximum atomic E-state index is 12.1. The summed E-state index contributed by atoms with van der Waals surface area (Å²) >= 11 is 5.74. The third kappa shape index (κ3) is 2.95. The molecule has 1 N–H and O–H groups in total. The van der Waals surface area contributed by atoms with Crippen LogP contribution in [0.2, 0.25) is 5.15 Å². The van der Waals surface area contributed by atoms with Gasteiger partial charge in [0.2, 0.25) is 10.0 Å². The fourth-order valence-corrected chi connectivity index (χ4v) is 2.68. The van der Waals surface area contributed by atoms with Crippen LogP contribution in [0.1, 0.15) is 12.5 Å². The summed E-state index contributed by atoms with van der Waals surface area (Å²) in [7, 11) is -2.22. The van der Waals surface area contributed by atoms with Crippen LogP contribution >= 0.6 is 11.6 Å². The number of aliphatic hydroxyl groups is 1. The quantitative estimate of drug-likeness (QED) is 0.836. The number of sulfonamides is 1. The van der Waals surface area contributed by atoms with Gasteiger partial charge in [-0.15, -0.1) is 0 Å². The van der Waals surface area contributed by atoms with Gasteiger partial charge in [0.15, 0.2) is 0 Å². The number of aromatic nitrogens is 1. The zero-order chi connectivity index (χ0) is 13.2. The van der Waals surface area contributed by atoms with E-state index in [-0.39, 0.29) is 16.7 Å². The van der Waals surface area contributed by atoms with Crippen molar-refractivity contribution < 1.29 is 13.5 Å². The second-order valence-corrected chi connectivity index (χ2v) is 6.19. The van der Waals surface area contributed by atoms with Crippen molar-refractivity contribution in [1.82, 2.24) is 9.29 Å². The summed E-state index contributed by atoms with van der Waals surface area (Å²) in [5.41, 5.74) is 0.595. The molecule has 1 atom stereocenters. The molecule has 0 aliphatic heterocycles. The van der Waals surface area contributed by atoms with Crippen LogP contribution in [0.4, 0.5) is 0 Å². The Hall–Kier alpha value is -0.690. The molecule has 0 aliphatic rings. The first-order chi connectivity index (χ1) is 7.80. The van der Waals surface area contributed by atoms with Gasteiger partial charge in [-0.05, 0) is 25.5 Å². The van der Waals surface area contributed by atoms with Crippen LogP contribution in [0.5, 0.6) is 0 Å². The third-order valence-electron chi connectivity index (χ3n) is 2.55. The first kappa shape index (κ1) is 14.4. The molecule has 0 fully saturated rings. The van der Waals surface area contributed by atoms with Crippen LogP contribution in [0.15, 0.2) is 17.2 Å². The Bertz CT molecular complexity index is 504. The average molecular weight is 279 g/mol. The molecule has 1 unspecified atom stereocenters. The number of rotatable bonds is 4. The van der Waals surface area contributed by atoms with Gasteiger partial charge in [-0.1, -0.05) is 11.6 Å². The number of likely N-dealkylation sites (N-methyl/N-ethyl adjacent to an activating group) is 1. The van der Waals surface area contributed by atoms with E-state index >= 15 is 0 Å². The Kier molecular flexibility index (Phi) is 4.48. The molecule has 0 saturated heterocycles. The topological polar surface area (TPSA) is 70.5 Å². The lowest BCUT2D eigenvalue weighted by Gasteiger charge is -2.22. The van der Waals surface area contributed by atoms with Crippen molar-refractivity contribution in [3.05, 3.63) is 23.0 Å². The van der Waals surface area contributed by atoms with Gasteiger partial charge in [0, 0.05) is 19.3 Å². The molecule has 1 rings (SSSR count). The van der Waals surface area contributed by atoms with E-state index < -0.39 is 16.1 Å². The maximum absolute atomic E-state index is 12.1. The molecule has 17 heavy (non-hydrogen) atoms. The van der Waals surface area contributed by atoms with Crippen molar-refractivity contribution in [1.29, 1.82) is 0 Å². The lowest BCUT2D eigenvalue weighted by molar-refractivity contribution is 0.214. The van der Waals surface area contributed by atoms with Crippen LogP contribution in [-0.2, 0) is 10.0 Å². The summed E-state index contributed by atoms with van der Waals surface area (Å²) in [6.45, 7) is 3.06. The normalized spacial score (nSPS) is 14.0. The number of pyridine rings is 1. The summed E-state index contributed by atoms with van der Waals surface area (Å²) in [6.07, 6.45) is 1.21. The van der Waals surface area contributed by atoms with E-state index in [1.807, 2.05) is 0 Å². The zero-order valence-electron chi connectivity index (χ0n) is 9.88. The predicted molar refractivity (Wildman–Crippen MR) is 65.5 cm³/mol. The summed E-state index contributed by atoms with van der Waals surface area (Å²) < 4.78 is 25.4. The van der Waals surface area contributed by atoms with Crippen LogP contribution < -0.4 is 0 Å². The smallest absolute Gasteiger partial charge is 0.244 e. The van der Waals surface area contributed by atoms with E-state index in [0.29, 0.717) is 5.56 Å². The summed E-state index contributed by atoms with van der Waals surface area (Å²) in [5, 5.41) is 9.25. The Balaban J connectivity index is 3.17. The molecule has 0 amide bonds. The van der Waals surface area contributed by atoms with Crippen LogP contribution in [-0.4, -0.2) is 42.5 Å². The first-order valence-corrected chi connectivity index (χ1v) is 6.83. The van der Waals surface area contributed by atoms with Gasteiger partial charge < -0.3 is 5.11 Å². The number of halogens is 1. The Morgan fingerprint density at radius 1 is 1.59 bits per heavy atom. The van der Waals surface area contributed by atoms with Crippen molar-refractivity contribution in [3.8, 4) is 0 Å². The number of aliphatic hydroxyl groups excluding tert-OH is 1. The highest BCUT2D eigenvalue weighted by molar-refractivity contribution is 7.89. The molecular formula is C10H15ClN2O3S. The van der Waals surface area contributed by atoms with E-state index in [1.54, 1.807) is 13.8 Å². The molecule has 0 radical (unpaired) electrons. The van der Waals surface area contributed by atoms with Gasteiger partial charge >= 0.3 is 0 Å². The fraction of sp³-hybridized carbons (Fsp3) is 0.500. The highest BCUT2D eigenvalue weighted by Crippen LogP contribution is 2.20. The Labute approximate surface area is 106 Å². The minimum Gasteiger partial charge on any atom is -0.395 e. The SMILES string of the molecule is Cc1cc(S(=O)(=O)N(C)C(C)CO)cnc1Cl. The van der Waals surface area contributed by atoms with Crippen LogP contribution in [0.25, 0.3) is 0 Å². The van der Waals surface area contributed by atoms with E-state index in [0.717, 1.165) is 4.31 Å². The zero-order valence-corrected chi connectivity index (χ0v) is 11.5. The molecule has 5 nitrogen and oxygen atoms in total. The number of aryl methyl sites for hydroxylation is 1. The van der Waals surface area contributed by atoms with Crippen molar-refractivity contribution in [2.24, 2.45) is 0 Å². The molecule has 0 aromatic carbocycles. The molecule has 0 spiro atoms. The second kappa shape index (κ2) is 5.30. The molecule has 7 heteroatoms. The fourth-order valence-electron chi connectivity index (χ4n) is 1.19. The molecule has 0 saturated carbocycles. The van der Waals surface area contributed by atoms with Gasteiger partial charge in [0.1, 0.15) is 10.0 Å². The van der Waals surface area contributed by atoms with Gasteiger partial charge in [0.05, 0.1) is 6.61 Å². The molecule has 96 valence electrons. The molecule has 1 aromatic rings. The molecule has 1 heterocycles. The Morgan fingerprint density at radius 3 is 2.65 bits per heavy atom. The highest BCUT2D eigenvalue weighted by Gasteiger charge is 2.25. The lowest BCUT2D eigenvalue weighted by atomic mass is 10.3. The third-order valence-corrected chi connectivity index (χ3v) is 4.88. The summed E-state index contributed by atoms with van der Waals surface area (Å²) in [4.78, 5) is 3.88. The highest BCUT2D eigenvalue weighted by atomic mass is 35.5. The summed E-state index contributed by atoms with van der Waals surface area (Å²) in [6, 6.07) is 0.974. The number of hydrogen-bond acceptors (Lipinski definition) is 4. The minimum atomic E-state index is -3.64. The van der Waals surface area contributed by atoms with Gasteiger partial charge in [-0.2, -0.15) is 4.31 Å². The number of nitrogens with zero attached hydrogens (tertiary/aromatic N) is 2. The Morgan fingerprint density at radius 2 is 2.18 bits per heavy atom. The van der Waals surface area contributed by atoms with Crippen molar-refractivity contribution >= 4 is 21.6 Å². The predicted octanol–water partition coefficient (Wildman–Crippen LogP) is 1.04. The molecule has 0 aliphatic carbocycles. The van der Waals surface area contributed by atoms with E-state index in [1.165, 1.54) is 19.3 Å². The van der Waals surface area contributed by atoms with Crippen molar-refractivity contribution in [2.75, 3.05) is 13.7 Å². The van der Waals surface area contributed by atoms with E-state index in [9.17, 15) is 8.42 Å². The maximum Gasteiger partial charge on any atom is 0.244 e. The standard InChI is InChI=1S/C10H15ClN2O3S/c1-7-4-9(5-12-10(7)11)17(15,16)13(3)8(2)6-14/h4-5,8,14H,6H2,1-3H3. The van der Waals surface area contributed by atoms with Crippen LogP contribution in [0, 0.1) is 6.92 Å². The van der Waals surface area contributed by atoms with Crippen molar-refractivity contribution in [2.45, 2.75) is 24.8 Å². The van der Waals surface area contributed by atoms with E-state index in [2.05, 4.69) is 4.98 Å². The first-order valence-electron chi connectivity index (χ1n) is 5.01. The van der Waals surface area contributed by atoms with Gasteiger partial charge in [-0.3, -0.25) is 0 Å². The average Bonchev–Trinajstić information content (AvgIpc) is 2.30.